The van der Waals surface area contributed by atoms with Crippen molar-refractivity contribution in [2.45, 2.75) is 50.0 Å². The molecule has 208 valence electrons. The van der Waals surface area contributed by atoms with Crippen molar-refractivity contribution in [3.05, 3.63) is 58.9 Å². The second kappa shape index (κ2) is 12.0. The standard InChI is InChI=1S/C27H31ClF2N6O2S/c1-15(31)23-24(32)33-25(34-26(23)38-21-10-11-36(13-20(21)30)14-27(2,3)37)16-4-7-18(8-5-16)35-39-22-12-17(28)6-9-19(22)29/h4-9,12,20-21,31,35,37H,10-11,13-14H2,1-3H3,(H2,32,33,34). The normalized spacial score (nSPS) is 18.1. The van der Waals surface area contributed by atoms with Crippen molar-refractivity contribution in [3.63, 3.8) is 0 Å². The van der Waals surface area contributed by atoms with E-state index in [0.717, 1.165) is 11.9 Å². The van der Waals surface area contributed by atoms with Crippen LogP contribution in [0, 0.1) is 11.2 Å². The number of nitrogens with two attached hydrogens (primary N) is 1. The number of rotatable bonds is 9. The first-order valence-corrected chi connectivity index (χ1v) is 13.6. The number of halogens is 3. The summed E-state index contributed by atoms with van der Waals surface area (Å²) < 4.78 is 38.2. The van der Waals surface area contributed by atoms with Crippen LogP contribution in [0.2, 0.25) is 5.02 Å². The number of nitrogens with one attached hydrogen (secondary N) is 2. The summed E-state index contributed by atoms with van der Waals surface area (Å²) in [4.78, 5) is 11.1. The number of aromatic nitrogens is 2. The molecule has 1 aliphatic rings. The molecule has 1 aromatic heterocycles. The summed E-state index contributed by atoms with van der Waals surface area (Å²) in [5.41, 5.74) is 6.93. The van der Waals surface area contributed by atoms with Gasteiger partial charge in [0.2, 0.25) is 5.88 Å². The molecule has 3 aromatic rings. The van der Waals surface area contributed by atoms with Gasteiger partial charge in [-0.3, -0.25) is 4.90 Å². The van der Waals surface area contributed by atoms with Gasteiger partial charge < -0.3 is 25.7 Å². The maximum atomic E-state index is 15.1. The quantitative estimate of drug-likeness (QED) is 0.192. The van der Waals surface area contributed by atoms with Crippen molar-refractivity contribution in [2.24, 2.45) is 0 Å². The summed E-state index contributed by atoms with van der Waals surface area (Å²) in [7, 11) is 0. The summed E-state index contributed by atoms with van der Waals surface area (Å²) in [5.74, 6) is 0.00161. The van der Waals surface area contributed by atoms with Gasteiger partial charge in [0.1, 0.15) is 23.9 Å². The molecule has 2 aromatic carbocycles. The summed E-state index contributed by atoms with van der Waals surface area (Å²) >= 11 is 7.05. The number of alkyl halides is 1. The highest BCUT2D eigenvalue weighted by Gasteiger charge is 2.34. The first kappa shape index (κ1) is 29.0. The lowest BCUT2D eigenvalue weighted by Gasteiger charge is -2.37. The minimum atomic E-state index is -1.31. The molecule has 5 N–H and O–H groups in total. The van der Waals surface area contributed by atoms with Crippen LogP contribution in [-0.2, 0) is 0 Å². The highest BCUT2D eigenvalue weighted by atomic mass is 35.5. The van der Waals surface area contributed by atoms with Crippen LogP contribution in [0.1, 0.15) is 32.8 Å². The monoisotopic (exact) mass is 576 g/mol. The number of nitrogens with zero attached hydrogens (tertiary/aromatic N) is 3. The van der Waals surface area contributed by atoms with E-state index in [4.69, 9.17) is 27.5 Å². The second-order valence-corrected chi connectivity index (χ2v) is 11.4. The Kier molecular flexibility index (Phi) is 8.95. The fourth-order valence-electron chi connectivity index (χ4n) is 4.29. The van der Waals surface area contributed by atoms with Gasteiger partial charge >= 0.3 is 0 Å². The Morgan fingerprint density at radius 1 is 1.28 bits per heavy atom. The predicted octanol–water partition coefficient (Wildman–Crippen LogP) is 5.59. The molecule has 12 heteroatoms. The molecule has 2 atom stereocenters. The van der Waals surface area contributed by atoms with E-state index in [0.29, 0.717) is 40.7 Å². The molecule has 0 saturated carbocycles. The van der Waals surface area contributed by atoms with E-state index in [1.807, 2.05) is 4.90 Å². The molecule has 0 bridgehead atoms. The largest absolute Gasteiger partial charge is 0.471 e. The Morgan fingerprint density at radius 2 is 2.00 bits per heavy atom. The Labute approximate surface area is 235 Å². The zero-order valence-electron chi connectivity index (χ0n) is 21.8. The molecule has 1 saturated heterocycles. The van der Waals surface area contributed by atoms with Crippen molar-refractivity contribution >= 4 is 40.8 Å². The predicted molar refractivity (Wildman–Crippen MR) is 152 cm³/mol. The van der Waals surface area contributed by atoms with Gasteiger partial charge in [0.15, 0.2) is 5.82 Å². The third-order valence-corrected chi connectivity index (χ3v) is 7.14. The van der Waals surface area contributed by atoms with E-state index in [9.17, 15) is 9.50 Å². The number of hydrogen-bond acceptors (Lipinski definition) is 9. The van der Waals surface area contributed by atoms with Crippen LogP contribution >= 0.6 is 23.5 Å². The van der Waals surface area contributed by atoms with Crippen LogP contribution < -0.4 is 15.2 Å². The summed E-state index contributed by atoms with van der Waals surface area (Å²) in [5, 5.41) is 18.7. The Bertz CT molecular complexity index is 1340. The lowest BCUT2D eigenvalue weighted by molar-refractivity contribution is -0.0197. The molecule has 39 heavy (non-hydrogen) atoms. The van der Waals surface area contributed by atoms with Crippen LogP contribution in [0.3, 0.4) is 0 Å². The zero-order chi connectivity index (χ0) is 28.3. The fourth-order valence-corrected chi connectivity index (χ4v) is 5.25. The minimum Gasteiger partial charge on any atom is -0.471 e. The third-order valence-electron chi connectivity index (χ3n) is 6.03. The number of aliphatic hydroxyl groups is 1. The van der Waals surface area contributed by atoms with Crippen LogP contribution in [0.5, 0.6) is 5.88 Å². The Balaban J connectivity index is 1.51. The number of nitrogen functional groups attached to an aromatic ring is 1. The number of benzene rings is 2. The molecule has 4 rings (SSSR count). The van der Waals surface area contributed by atoms with E-state index in [2.05, 4.69) is 14.7 Å². The van der Waals surface area contributed by atoms with Crippen molar-refractivity contribution in [3.8, 4) is 17.3 Å². The molecule has 0 aliphatic carbocycles. The maximum Gasteiger partial charge on any atom is 0.228 e. The average molecular weight is 577 g/mol. The van der Waals surface area contributed by atoms with Crippen molar-refractivity contribution in [1.29, 1.82) is 5.41 Å². The number of β-amino-alcohol motifs (C(OH)–C–C–N with tert-alkyl or cyclic N) is 1. The van der Waals surface area contributed by atoms with Crippen molar-refractivity contribution < 1.29 is 18.6 Å². The zero-order valence-corrected chi connectivity index (χ0v) is 23.4. The summed E-state index contributed by atoms with van der Waals surface area (Å²) in [6, 6.07) is 11.4. The first-order valence-electron chi connectivity index (χ1n) is 12.4. The molecule has 1 aliphatic heterocycles. The Hall–Kier alpha value is -2.99. The van der Waals surface area contributed by atoms with Crippen molar-refractivity contribution in [2.75, 3.05) is 30.1 Å². The smallest absolute Gasteiger partial charge is 0.228 e. The van der Waals surface area contributed by atoms with Crippen LogP contribution in [0.4, 0.5) is 20.3 Å². The molecule has 2 unspecified atom stereocenters. The SMILES string of the molecule is CC(=N)c1c(N)nc(-c2ccc(NSc3cc(Cl)ccc3F)cc2)nc1OC1CCN(CC(C)(C)O)CC1F. The molecule has 1 fully saturated rings. The van der Waals surface area contributed by atoms with Gasteiger partial charge in [-0.05, 0) is 81.6 Å². The number of piperidine rings is 1. The fraction of sp³-hybridized carbons (Fsp3) is 0.370. The third kappa shape index (κ3) is 7.57. The molecule has 2 heterocycles. The summed E-state index contributed by atoms with van der Waals surface area (Å²) in [6.07, 6.45) is -1.70. The second-order valence-electron chi connectivity index (χ2n) is 10.1. The van der Waals surface area contributed by atoms with Gasteiger partial charge in [0.05, 0.1) is 16.1 Å². The van der Waals surface area contributed by atoms with Gasteiger partial charge in [-0.2, -0.15) is 4.98 Å². The number of anilines is 2. The van der Waals surface area contributed by atoms with Crippen LogP contribution in [0.25, 0.3) is 11.4 Å². The molecule has 0 spiro atoms. The number of likely N-dealkylation sites (tertiary alicyclic amines) is 1. The molecule has 8 nitrogen and oxygen atoms in total. The topological polar surface area (TPSA) is 120 Å². The highest BCUT2D eigenvalue weighted by molar-refractivity contribution is 8.00. The van der Waals surface area contributed by atoms with Gasteiger partial charge in [-0.15, -0.1) is 0 Å². The van der Waals surface area contributed by atoms with E-state index >= 15 is 4.39 Å². The van der Waals surface area contributed by atoms with E-state index in [-0.39, 0.29) is 41.2 Å². The maximum absolute atomic E-state index is 15.1. The minimum absolute atomic E-state index is 0.0581. The van der Waals surface area contributed by atoms with Crippen LogP contribution in [-0.4, -0.2) is 63.2 Å². The Morgan fingerprint density at radius 3 is 2.64 bits per heavy atom. The lowest BCUT2D eigenvalue weighted by Crippen LogP contribution is -2.51. The molecule has 0 radical (unpaired) electrons. The molecular formula is C27H31ClF2N6O2S. The number of hydrogen-bond donors (Lipinski definition) is 4. The first-order chi connectivity index (χ1) is 18.4. The average Bonchev–Trinajstić information content (AvgIpc) is 2.85. The van der Waals surface area contributed by atoms with Crippen LogP contribution in [0.15, 0.2) is 47.4 Å². The molecular weight excluding hydrogens is 546 g/mol. The van der Waals surface area contributed by atoms with Gasteiger partial charge in [-0.25, -0.2) is 13.8 Å². The van der Waals surface area contributed by atoms with Gasteiger partial charge in [-0.1, -0.05) is 11.6 Å². The lowest BCUT2D eigenvalue weighted by atomic mass is 10.0. The highest BCUT2D eigenvalue weighted by Crippen LogP contribution is 2.31. The van der Waals surface area contributed by atoms with E-state index in [1.54, 1.807) is 45.0 Å². The van der Waals surface area contributed by atoms with Gasteiger partial charge in [0, 0.05) is 41.6 Å². The molecule has 0 amide bonds. The van der Waals surface area contributed by atoms with E-state index < -0.39 is 17.9 Å². The number of ether oxygens (including phenoxy) is 1. The van der Waals surface area contributed by atoms with Crippen molar-refractivity contribution in [1.82, 2.24) is 14.9 Å². The van der Waals surface area contributed by atoms with Gasteiger partial charge in [0.25, 0.3) is 0 Å². The summed E-state index contributed by atoms with van der Waals surface area (Å²) in [6.45, 7) is 5.94. The van der Waals surface area contributed by atoms with E-state index in [1.165, 1.54) is 18.2 Å².